The third-order valence-corrected chi connectivity index (χ3v) is 2.63. The lowest BCUT2D eigenvalue weighted by Crippen LogP contribution is -2.36. The molecule has 0 saturated carbocycles. The number of likely N-dealkylation sites (N-methyl/N-ethyl adjacent to an activating group) is 1. The lowest BCUT2D eigenvalue weighted by atomic mass is 10.0. The molecule has 92 valence electrons. The predicted molar refractivity (Wildman–Crippen MR) is 65.0 cm³/mol. The first-order chi connectivity index (χ1) is 8.08. The highest BCUT2D eigenvalue weighted by molar-refractivity contribution is 5.94. The Bertz CT molecular complexity index is 398. The van der Waals surface area contributed by atoms with Crippen molar-refractivity contribution in [2.24, 2.45) is 0 Å². The summed E-state index contributed by atoms with van der Waals surface area (Å²) in [5.74, 6) is -0.252. The van der Waals surface area contributed by atoms with Gasteiger partial charge in [0.2, 0.25) is 0 Å². The van der Waals surface area contributed by atoms with Crippen molar-refractivity contribution in [2.75, 3.05) is 14.2 Å². The molecule has 1 unspecified atom stereocenters. The van der Waals surface area contributed by atoms with E-state index in [0.717, 1.165) is 5.56 Å². The number of ether oxygens (including phenoxy) is 1. The van der Waals surface area contributed by atoms with Gasteiger partial charge in [-0.3, -0.25) is 9.59 Å². The lowest BCUT2D eigenvalue weighted by Gasteiger charge is -2.13. The average molecular weight is 235 g/mol. The molecule has 1 N–H and O–H groups in total. The van der Waals surface area contributed by atoms with Crippen LogP contribution in [-0.4, -0.2) is 32.0 Å². The molecule has 0 saturated heterocycles. The smallest absolute Gasteiger partial charge is 0.323 e. The molecule has 1 aromatic rings. The van der Waals surface area contributed by atoms with E-state index < -0.39 is 0 Å². The number of methoxy groups -OCH3 is 1. The molecule has 0 radical (unpaired) electrons. The van der Waals surface area contributed by atoms with Gasteiger partial charge >= 0.3 is 5.97 Å². The Morgan fingerprint density at radius 3 is 2.29 bits per heavy atom. The topological polar surface area (TPSA) is 55.4 Å². The molecule has 0 spiro atoms. The number of ketones is 1. The van der Waals surface area contributed by atoms with Crippen molar-refractivity contribution in [1.29, 1.82) is 0 Å². The lowest BCUT2D eigenvalue weighted by molar-refractivity contribution is -0.142. The predicted octanol–water partition coefficient (Wildman–Crippen LogP) is 1.19. The van der Waals surface area contributed by atoms with Gasteiger partial charge < -0.3 is 10.1 Å². The Labute approximate surface area is 101 Å². The van der Waals surface area contributed by atoms with E-state index in [0.29, 0.717) is 12.0 Å². The van der Waals surface area contributed by atoms with E-state index in [1.807, 2.05) is 12.1 Å². The molecule has 0 fully saturated rings. The fourth-order valence-corrected chi connectivity index (χ4v) is 1.56. The van der Waals surface area contributed by atoms with Crippen LogP contribution in [0.25, 0.3) is 0 Å². The summed E-state index contributed by atoms with van der Waals surface area (Å²) >= 11 is 0. The van der Waals surface area contributed by atoms with E-state index >= 15 is 0 Å². The summed E-state index contributed by atoms with van der Waals surface area (Å²) in [5, 5.41) is 2.90. The second kappa shape index (κ2) is 6.15. The zero-order chi connectivity index (χ0) is 12.8. The van der Waals surface area contributed by atoms with Crippen LogP contribution in [0.3, 0.4) is 0 Å². The van der Waals surface area contributed by atoms with Crippen LogP contribution < -0.4 is 5.32 Å². The Kier molecular flexibility index (Phi) is 4.84. The maximum Gasteiger partial charge on any atom is 0.323 e. The number of carbonyl (C=O) groups is 2. The maximum absolute atomic E-state index is 11.4. The molecule has 0 amide bonds. The standard InChI is InChI=1S/C13H17NO3/c1-9(15)11-6-4-10(5-7-11)8-12(14-2)13(16)17-3/h4-7,12,14H,8H2,1-3H3. The summed E-state index contributed by atoms with van der Waals surface area (Å²) in [4.78, 5) is 22.5. The van der Waals surface area contributed by atoms with Crippen LogP contribution in [0.5, 0.6) is 0 Å². The Morgan fingerprint density at radius 1 is 1.29 bits per heavy atom. The number of carbonyl (C=O) groups excluding carboxylic acids is 2. The van der Waals surface area contributed by atoms with Gasteiger partial charge in [0.25, 0.3) is 0 Å². The molecule has 0 aliphatic rings. The van der Waals surface area contributed by atoms with Crippen molar-refractivity contribution in [3.8, 4) is 0 Å². The van der Waals surface area contributed by atoms with E-state index in [4.69, 9.17) is 0 Å². The largest absolute Gasteiger partial charge is 0.468 e. The normalized spacial score (nSPS) is 11.9. The highest BCUT2D eigenvalue weighted by atomic mass is 16.5. The van der Waals surface area contributed by atoms with Gasteiger partial charge in [-0.05, 0) is 26.0 Å². The van der Waals surface area contributed by atoms with E-state index in [1.54, 1.807) is 19.2 Å². The van der Waals surface area contributed by atoms with Crippen LogP contribution in [0.1, 0.15) is 22.8 Å². The van der Waals surface area contributed by atoms with Gasteiger partial charge in [0, 0.05) is 5.56 Å². The maximum atomic E-state index is 11.4. The summed E-state index contributed by atoms with van der Waals surface area (Å²) in [6.45, 7) is 1.53. The van der Waals surface area contributed by atoms with Gasteiger partial charge in [0.05, 0.1) is 7.11 Å². The van der Waals surface area contributed by atoms with Gasteiger partial charge in [-0.1, -0.05) is 24.3 Å². The SMILES string of the molecule is CNC(Cc1ccc(C(C)=O)cc1)C(=O)OC. The molecule has 4 nitrogen and oxygen atoms in total. The first kappa shape index (κ1) is 13.4. The van der Waals surface area contributed by atoms with Crippen LogP contribution in [0.2, 0.25) is 0 Å². The van der Waals surface area contributed by atoms with Crippen LogP contribution in [0.4, 0.5) is 0 Å². The third-order valence-electron chi connectivity index (χ3n) is 2.63. The van der Waals surface area contributed by atoms with Crippen molar-refractivity contribution >= 4 is 11.8 Å². The molecular weight excluding hydrogens is 218 g/mol. The first-order valence-corrected chi connectivity index (χ1v) is 5.43. The number of benzene rings is 1. The molecule has 0 aliphatic heterocycles. The average Bonchev–Trinajstić information content (AvgIpc) is 2.35. The summed E-state index contributed by atoms with van der Waals surface area (Å²) in [6, 6.07) is 6.88. The second-order valence-corrected chi connectivity index (χ2v) is 3.82. The van der Waals surface area contributed by atoms with Gasteiger partial charge in [-0.25, -0.2) is 0 Å². The minimum atomic E-state index is -0.358. The quantitative estimate of drug-likeness (QED) is 0.615. The van der Waals surface area contributed by atoms with E-state index in [2.05, 4.69) is 10.1 Å². The molecule has 4 heteroatoms. The minimum absolute atomic E-state index is 0.0367. The van der Waals surface area contributed by atoms with Crippen molar-refractivity contribution < 1.29 is 14.3 Å². The van der Waals surface area contributed by atoms with Crippen molar-refractivity contribution in [1.82, 2.24) is 5.32 Å². The molecule has 0 heterocycles. The molecule has 17 heavy (non-hydrogen) atoms. The summed E-state index contributed by atoms with van der Waals surface area (Å²) < 4.78 is 4.68. The zero-order valence-electron chi connectivity index (χ0n) is 10.3. The first-order valence-electron chi connectivity index (χ1n) is 5.43. The summed E-state index contributed by atoms with van der Waals surface area (Å²) in [5.41, 5.74) is 1.66. The molecule has 1 atom stereocenters. The van der Waals surface area contributed by atoms with Crippen LogP contribution in [0, 0.1) is 0 Å². The molecule has 1 aromatic carbocycles. The summed E-state index contributed by atoms with van der Waals surface area (Å²) in [7, 11) is 3.08. The van der Waals surface area contributed by atoms with Gasteiger partial charge in [0.15, 0.2) is 5.78 Å². The van der Waals surface area contributed by atoms with Gasteiger partial charge in [0.1, 0.15) is 6.04 Å². The number of Topliss-reactive ketones (excluding diaryl/α,β-unsaturated/α-hetero) is 1. The summed E-state index contributed by atoms with van der Waals surface area (Å²) in [6.07, 6.45) is 0.543. The fourth-order valence-electron chi connectivity index (χ4n) is 1.56. The molecule has 0 aliphatic carbocycles. The van der Waals surface area contributed by atoms with Gasteiger partial charge in [-0.15, -0.1) is 0 Å². The number of hydrogen-bond donors (Lipinski definition) is 1. The molecule has 0 bridgehead atoms. The Morgan fingerprint density at radius 2 is 1.88 bits per heavy atom. The number of hydrogen-bond acceptors (Lipinski definition) is 4. The Hall–Kier alpha value is -1.68. The monoisotopic (exact) mass is 235 g/mol. The molecule has 0 aromatic heterocycles. The van der Waals surface area contributed by atoms with Crippen LogP contribution >= 0.6 is 0 Å². The molecular formula is C13H17NO3. The number of nitrogens with one attached hydrogen (secondary N) is 1. The second-order valence-electron chi connectivity index (χ2n) is 3.82. The van der Waals surface area contributed by atoms with E-state index in [-0.39, 0.29) is 17.8 Å². The van der Waals surface area contributed by atoms with Crippen molar-refractivity contribution in [2.45, 2.75) is 19.4 Å². The highest BCUT2D eigenvalue weighted by Crippen LogP contribution is 2.08. The minimum Gasteiger partial charge on any atom is -0.468 e. The molecule has 1 rings (SSSR count). The van der Waals surface area contributed by atoms with Crippen molar-refractivity contribution in [3.05, 3.63) is 35.4 Å². The van der Waals surface area contributed by atoms with E-state index in [1.165, 1.54) is 14.0 Å². The number of esters is 1. The highest BCUT2D eigenvalue weighted by Gasteiger charge is 2.17. The van der Waals surface area contributed by atoms with Crippen LogP contribution in [-0.2, 0) is 16.0 Å². The van der Waals surface area contributed by atoms with Gasteiger partial charge in [-0.2, -0.15) is 0 Å². The third kappa shape index (κ3) is 3.67. The Balaban J connectivity index is 2.74. The fraction of sp³-hybridized carbons (Fsp3) is 0.385. The van der Waals surface area contributed by atoms with Crippen LogP contribution in [0.15, 0.2) is 24.3 Å². The number of rotatable bonds is 5. The van der Waals surface area contributed by atoms with E-state index in [9.17, 15) is 9.59 Å². The van der Waals surface area contributed by atoms with Crippen molar-refractivity contribution in [3.63, 3.8) is 0 Å². The zero-order valence-corrected chi connectivity index (χ0v) is 10.3.